The highest BCUT2D eigenvalue weighted by Crippen LogP contribution is 2.30. The first kappa shape index (κ1) is 11.9. The van der Waals surface area contributed by atoms with Gasteiger partial charge in [0.15, 0.2) is 11.5 Å². The number of hydrogen-bond donors (Lipinski definition) is 0. The normalized spacial score (nSPS) is 8.94. The van der Waals surface area contributed by atoms with E-state index < -0.39 is 0 Å². The highest BCUT2D eigenvalue weighted by molar-refractivity contribution is 5.52. The van der Waals surface area contributed by atoms with Crippen molar-refractivity contribution in [1.82, 2.24) is 0 Å². The van der Waals surface area contributed by atoms with Crippen LogP contribution in [0.15, 0.2) is 43.5 Å². The second-order valence-electron chi connectivity index (χ2n) is 2.94. The zero-order chi connectivity index (χ0) is 11.8. The third-order valence-corrected chi connectivity index (χ3v) is 1.80. The minimum absolute atomic E-state index is 0.336. The maximum Gasteiger partial charge on any atom is 0.179 e. The first-order valence-corrected chi connectivity index (χ1v) is 4.84. The fourth-order valence-electron chi connectivity index (χ4n) is 1.16. The van der Waals surface area contributed by atoms with Crippen LogP contribution in [0.25, 0.3) is 0 Å². The zero-order valence-corrected chi connectivity index (χ0v) is 8.98. The largest absolute Gasteiger partial charge is 0.486 e. The van der Waals surface area contributed by atoms with E-state index in [0.29, 0.717) is 30.3 Å². The summed E-state index contributed by atoms with van der Waals surface area (Å²) in [5, 5.41) is 8.94. The molecule has 3 nitrogen and oxygen atoms in total. The predicted molar refractivity (Wildman–Crippen MR) is 62.5 cm³/mol. The molecule has 82 valence electrons. The molecule has 0 fully saturated rings. The number of para-hydroxylation sites is 1. The van der Waals surface area contributed by atoms with E-state index >= 15 is 0 Å². The van der Waals surface area contributed by atoms with Crippen LogP contribution in [0.3, 0.4) is 0 Å². The molecule has 0 heterocycles. The number of benzene rings is 1. The minimum atomic E-state index is 0.336. The Kier molecular flexibility index (Phi) is 4.68. The molecule has 1 aromatic carbocycles. The quantitative estimate of drug-likeness (QED) is 0.685. The lowest BCUT2D eigenvalue weighted by Gasteiger charge is -2.11. The van der Waals surface area contributed by atoms with Crippen molar-refractivity contribution < 1.29 is 9.47 Å². The Morgan fingerprint density at radius 2 is 1.88 bits per heavy atom. The molecule has 0 N–H and O–H groups in total. The molecule has 0 radical (unpaired) electrons. The smallest absolute Gasteiger partial charge is 0.179 e. The molecule has 0 amide bonds. The molecular weight excluding hydrogens is 202 g/mol. The van der Waals surface area contributed by atoms with E-state index in [1.165, 1.54) is 0 Å². The summed E-state index contributed by atoms with van der Waals surface area (Å²) in [6, 6.07) is 7.24. The van der Waals surface area contributed by atoms with Gasteiger partial charge in [0, 0.05) is 0 Å². The van der Waals surface area contributed by atoms with Crippen LogP contribution in [-0.4, -0.2) is 13.2 Å². The average molecular weight is 215 g/mol. The summed E-state index contributed by atoms with van der Waals surface area (Å²) in [7, 11) is 0. The Hall–Kier alpha value is -2.21. The Morgan fingerprint density at radius 1 is 1.19 bits per heavy atom. The maximum absolute atomic E-state index is 8.94. The Labute approximate surface area is 95.2 Å². The molecular formula is C13H13NO2. The van der Waals surface area contributed by atoms with E-state index in [1.54, 1.807) is 30.4 Å². The zero-order valence-electron chi connectivity index (χ0n) is 8.98. The topological polar surface area (TPSA) is 42.2 Å². The Bertz CT molecular complexity index is 418. The lowest BCUT2D eigenvalue weighted by Crippen LogP contribution is -2.01. The summed E-state index contributed by atoms with van der Waals surface area (Å²) < 4.78 is 10.8. The number of hydrogen-bond acceptors (Lipinski definition) is 3. The predicted octanol–water partition coefficient (Wildman–Crippen LogP) is 2.69. The third kappa shape index (κ3) is 2.89. The Morgan fingerprint density at radius 3 is 2.50 bits per heavy atom. The number of nitriles is 1. The molecule has 0 saturated carbocycles. The van der Waals surface area contributed by atoms with Crippen molar-refractivity contribution in [2.45, 2.75) is 0 Å². The molecule has 0 aliphatic rings. The average Bonchev–Trinajstić information content (AvgIpc) is 2.33. The van der Waals surface area contributed by atoms with Crippen molar-refractivity contribution in [3.05, 3.63) is 49.1 Å². The van der Waals surface area contributed by atoms with Crippen molar-refractivity contribution >= 4 is 0 Å². The molecule has 0 atom stereocenters. The molecule has 16 heavy (non-hydrogen) atoms. The van der Waals surface area contributed by atoms with E-state index in [1.807, 2.05) is 0 Å². The first-order valence-electron chi connectivity index (χ1n) is 4.84. The number of ether oxygens (including phenoxy) is 2. The molecule has 0 saturated heterocycles. The highest BCUT2D eigenvalue weighted by atomic mass is 16.5. The second kappa shape index (κ2) is 6.31. The van der Waals surface area contributed by atoms with Gasteiger partial charge in [-0.1, -0.05) is 31.4 Å². The summed E-state index contributed by atoms with van der Waals surface area (Å²) in [6.45, 7) is 7.83. The third-order valence-electron chi connectivity index (χ3n) is 1.80. The van der Waals surface area contributed by atoms with E-state index in [9.17, 15) is 0 Å². The van der Waals surface area contributed by atoms with Crippen LogP contribution in [0.5, 0.6) is 11.5 Å². The fraction of sp³-hybridized carbons (Fsp3) is 0.154. The van der Waals surface area contributed by atoms with Gasteiger partial charge < -0.3 is 9.47 Å². The van der Waals surface area contributed by atoms with Gasteiger partial charge in [0.25, 0.3) is 0 Å². The molecule has 0 spiro atoms. The van der Waals surface area contributed by atoms with Crippen molar-refractivity contribution in [2.75, 3.05) is 13.2 Å². The maximum atomic E-state index is 8.94. The van der Waals surface area contributed by atoms with Gasteiger partial charge in [-0.25, -0.2) is 0 Å². The summed E-state index contributed by atoms with van der Waals surface area (Å²) in [5.41, 5.74) is 0.448. The van der Waals surface area contributed by atoms with Crippen LogP contribution in [0.4, 0.5) is 0 Å². The number of nitrogens with zero attached hydrogens (tertiary/aromatic N) is 1. The lowest BCUT2D eigenvalue weighted by molar-refractivity contribution is 0.307. The van der Waals surface area contributed by atoms with Crippen LogP contribution in [0, 0.1) is 11.3 Å². The van der Waals surface area contributed by atoms with Gasteiger partial charge in [-0.2, -0.15) is 5.26 Å². The van der Waals surface area contributed by atoms with Gasteiger partial charge >= 0.3 is 0 Å². The van der Waals surface area contributed by atoms with Crippen LogP contribution < -0.4 is 9.47 Å². The van der Waals surface area contributed by atoms with E-state index in [4.69, 9.17) is 14.7 Å². The fourth-order valence-corrected chi connectivity index (χ4v) is 1.16. The summed E-state index contributed by atoms with van der Waals surface area (Å²) >= 11 is 0. The molecule has 0 bridgehead atoms. The molecule has 0 aliphatic heterocycles. The lowest BCUT2D eigenvalue weighted by atomic mass is 10.2. The molecule has 0 aliphatic carbocycles. The Balaban J connectivity index is 3.00. The monoisotopic (exact) mass is 215 g/mol. The summed E-state index contributed by atoms with van der Waals surface area (Å²) in [6.07, 6.45) is 3.25. The second-order valence-corrected chi connectivity index (χ2v) is 2.94. The molecule has 3 heteroatoms. The van der Waals surface area contributed by atoms with Crippen molar-refractivity contribution in [3.8, 4) is 17.6 Å². The molecule has 0 unspecified atom stereocenters. The van der Waals surface area contributed by atoms with Gasteiger partial charge in [-0.05, 0) is 12.1 Å². The minimum Gasteiger partial charge on any atom is -0.486 e. The van der Waals surface area contributed by atoms with Crippen LogP contribution in [0.1, 0.15) is 5.56 Å². The molecule has 0 aromatic heterocycles. The van der Waals surface area contributed by atoms with Gasteiger partial charge in [0.05, 0.1) is 5.56 Å². The van der Waals surface area contributed by atoms with Gasteiger partial charge in [-0.15, -0.1) is 0 Å². The van der Waals surface area contributed by atoms with Gasteiger partial charge in [-0.3, -0.25) is 0 Å². The van der Waals surface area contributed by atoms with E-state index in [-0.39, 0.29) is 0 Å². The summed E-state index contributed by atoms with van der Waals surface area (Å²) in [4.78, 5) is 0. The summed E-state index contributed by atoms with van der Waals surface area (Å²) in [5.74, 6) is 0.993. The highest BCUT2D eigenvalue weighted by Gasteiger charge is 2.09. The van der Waals surface area contributed by atoms with Crippen LogP contribution >= 0.6 is 0 Å². The SMILES string of the molecule is C=CCOc1cccc(C#N)c1OCC=C. The standard InChI is InChI=1S/C13H13NO2/c1-3-8-15-12-7-5-6-11(10-14)13(12)16-9-4-2/h3-7H,1-2,8-9H2. The van der Waals surface area contributed by atoms with Crippen LogP contribution in [-0.2, 0) is 0 Å². The van der Waals surface area contributed by atoms with Gasteiger partial charge in [0.1, 0.15) is 19.3 Å². The number of rotatable bonds is 6. The molecule has 1 rings (SSSR count). The van der Waals surface area contributed by atoms with E-state index in [2.05, 4.69) is 19.2 Å². The van der Waals surface area contributed by atoms with Crippen molar-refractivity contribution in [2.24, 2.45) is 0 Å². The van der Waals surface area contributed by atoms with Crippen LogP contribution in [0.2, 0.25) is 0 Å². The van der Waals surface area contributed by atoms with Crippen molar-refractivity contribution in [1.29, 1.82) is 5.26 Å². The van der Waals surface area contributed by atoms with E-state index in [0.717, 1.165) is 0 Å². The molecule has 1 aromatic rings. The van der Waals surface area contributed by atoms with Gasteiger partial charge in [0.2, 0.25) is 0 Å². The van der Waals surface area contributed by atoms with Crippen molar-refractivity contribution in [3.63, 3.8) is 0 Å². The first-order chi connectivity index (χ1) is 7.83.